The summed E-state index contributed by atoms with van der Waals surface area (Å²) >= 11 is 5.48. The summed E-state index contributed by atoms with van der Waals surface area (Å²) in [6.07, 6.45) is 3.84. The second-order valence-electron chi connectivity index (χ2n) is 3.60. The smallest absolute Gasteiger partial charge is 0.207 e. The summed E-state index contributed by atoms with van der Waals surface area (Å²) in [6, 6.07) is 0.0243. The monoisotopic (exact) mass is 232 g/mol. The normalized spacial score (nSPS) is 38.5. The van der Waals surface area contributed by atoms with E-state index in [0.717, 1.165) is 5.57 Å². The number of halogens is 1. The Morgan fingerprint density at radius 3 is 3.00 bits per heavy atom. The lowest BCUT2D eigenvalue weighted by Crippen LogP contribution is -2.36. The predicted octanol–water partition coefficient (Wildman–Crippen LogP) is 0.595. The maximum atomic E-state index is 9.73. The van der Waals surface area contributed by atoms with Gasteiger partial charge in [-0.25, -0.2) is 0 Å². The molecule has 0 aromatic rings. The molecule has 2 N–H and O–H groups in total. The van der Waals surface area contributed by atoms with Crippen LogP contribution in [-0.2, 0) is 9.47 Å². The highest BCUT2D eigenvalue weighted by Gasteiger charge is 2.42. The van der Waals surface area contributed by atoms with Crippen LogP contribution in [0.3, 0.4) is 0 Å². The van der Waals surface area contributed by atoms with Gasteiger partial charge in [0.1, 0.15) is 6.07 Å². The van der Waals surface area contributed by atoms with E-state index in [2.05, 4.69) is 0 Å². The largest absolute Gasteiger partial charge is 0.472 e. The van der Waals surface area contributed by atoms with Crippen LogP contribution in [0.15, 0.2) is 24.0 Å². The standard InChI is InChI=1S/C10H13ClO4/c11-5-15-10-9-6(4-12)3-8(13)7(9)1-2-14-10/h1-3,7-10,12-13H,4-5H2/t7-,8?,9+,10-/m0/s1. The molecule has 4 atom stereocenters. The third-order valence-corrected chi connectivity index (χ3v) is 2.96. The number of hydrogen-bond donors (Lipinski definition) is 2. The minimum atomic E-state index is -0.585. The van der Waals surface area contributed by atoms with Gasteiger partial charge >= 0.3 is 0 Å². The maximum absolute atomic E-state index is 9.73. The van der Waals surface area contributed by atoms with Crippen LogP contribution in [0.25, 0.3) is 0 Å². The van der Waals surface area contributed by atoms with Crippen LogP contribution in [0, 0.1) is 11.8 Å². The minimum absolute atomic E-state index is 0.0243. The van der Waals surface area contributed by atoms with Crippen LogP contribution in [0.5, 0.6) is 0 Å². The van der Waals surface area contributed by atoms with E-state index < -0.39 is 12.4 Å². The van der Waals surface area contributed by atoms with Gasteiger partial charge in [-0.15, -0.1) is 0 Å². The van der Waals surface area contributed by atoms with Crippen molar-refractivity contribution < 1.29 is 19.7 Å². The molecular formula is C10H13ClO4. The molecule has 0 bridgehead atoms. The second kappa shape index (κ2) is 4.53. The Bertz CT molecular complexity index is 289. The lowest BCUT2D eigenvalue weighted by atomic mass is 9.88. The minimum Gasteiger partial charge on any atom is -0.472 e. The Labute approximate surface area is 92.8 Å². The summed E-state index contributed by atoms with van der Waals surface area (Å²) in [4.78, 5) is 0. The Kier molecular flexibility index (Phi) is 3.31. The van der Waals surface area contributed by atoms with E-state index in [9.17, 15) is 5.11 Å². The highest BCUT2D eigenvalue weighted by Crippen LogP contribution is 2.39. The van der Waals surface area contributed by atoms with Crippen molar-refractivity contribution in [2.45, 2.75) is 12.4 Å². The average molecular weight is 233 g/mol. The number of aliphatic hydroxyl groups excluding tert-OH is 2. The molecule has 0 amide bonds. The lowest BCUT2D eigenvalue weighted by molar-refractivity contribution is -0.139. The van der Waals surface area contributed by atoms with E-state index in [1.165, 1.54) is 6.26 Å². The van der Waals surface area contributed by atoms with E-state index in [1.54, 1.807) is 12.2 Å². The molecule has 1 unspecified atom stereocenters. The van der Waals surface area contributed by atoms with Gasteiger partial charge in [-0.2, -0.15) is 0 Å². The number of fused-ring (bicyclic) bond motifs is 1. The average Bonchev–Trinajstić information content (AvgIpc) is 2.58. The van der Waals surface area contributed by atoms with Crippen LogP contribution in [0.2, 0.25) is 0 Å². The van der Waals surface area contributed by atoms with Gasteiger partial charge < -0.3 is 19.7 Å². The first-order valence-electron chi connectivity index (χ1n) is 4.77. The van der Waals surface area contributed by atoms with Crippen molar-refractivity contribution in [3.05, 3.63) is 24.0 Å². The third kappa shape index (κ3) is 1.90. The van der Waals surface area contributed by atoms with Crippen molar-refractivity contribution in [1.29, 1.82) is 0 Å². The van der Waals surface area contributed by atoms with Gasteiger partial charge in [-0.05, 0) is 11.6 Å². The first-order valence-corrected chi connectivity index (χ1v) is 5.30. The van der Waals surface area contributed by atoms with Crippen LogP contribution in [0.1, 0.15) is 0 Å². The van der Waals surface area contributed by atoms with Crippen molar-refractivity contribution in [3.8, 4) is 0 Å². The molecular weight excluding hydrogens is 220 g/mol. The van der Waals surface area contributed by atoms with Crippen molar-refractivity contribution in [2.24, 2.45) is 11.8 Å². The summed E-state index contributed by atoms with van der Waals surface area (Å²) in [5.74, 6) is -0.233. The Balaban J connectivity index is 2.19. The Hall–Kier alpha value is -0.550. The first kappa shape index (κ1) is 11.0. The second-order valence-corrected chi connectivity index (χ2v) is 3.82. The van der Waals surface area contributed by atoms with Crippen molar-refractivity contribution in [2.75, 3.05) is 12.7 Å². The van der Waals surface area contributed by atoms with Gasteiger partial charge in [-0.3, -0.25) is 0 Å². The van der Waals surface area contributed by atoms with Crippen LogP contribution < -0.4 is 0 Å². The van der Waals surface area contributed by atoms with Gasteiger partial charge in [0.25, 0.3) is 0 Å². The molecule has 1 aliphatic carbocycles. The molecule has 0 saturated heterocycles. The van der Waals surface area contributed by atoms with Crippen molar-refractivity contribution in [3.63, 3.8) is 0 Å². The highest BCUT2D eigenvalue weighted by molar-refractivity contribution is 6.17. The molecule has 1 heterocycles. The number of ether oxygens (including phenoxy) is 2. The fourth-order valence-electron chi connectivity index (χ4n) is 2.15. The van der Waals surface area contributed by atoms with Gasteiger partial charge in [0, 0.05) is 5.92 Å². The van der Waals surface area contributed by atoms with E-state index in [0.29, 0.717) is 0 Å². The zero-order valence-electron chi connectivity index (χ0n) is 8.04. The number of hydrogen-bond acceptors (Lipinski definition) is 4. The molecule has 0 aromatic heterocycles. The molecule has 84 valence electrons. The van der Waals surface area contributed by atoms with Crippen LogP contribution >= 0.6 is 11.6 Å². The lowest BCUT2D eigenvalue weighted by Gasteiger charge is -2.32. The Morgan fingerprint density at radius 2 is 2.33 bits per heavy atom. The first-order chi connectivity index (χ1) is 7.27. The summed E-state index contributed by atoms with van der Waals surface area (Å²) in [5, 5.41) is 18.9. The zero-order valence-corrected chi connectivity index (χ0v) is 8.80. The van der Waals surface area contributed by atoms with Crippen molar-refractivity contribution >= 4 is 11.6 Å². The summed E-state index contributed by atoms with van der Waals surface area (Å²) in [6.45, 7) is -0.0996. The molecule has 15 heavy (non-hydrogen) atoms. The molecule has 0 fully saturated rings. The molecule has 5 heteroatoms. The van der Waals surface area contributed by atoms with Crippen LogP contribution in [-0.4, -0.2) is 35.3 Å². The van der Waals surface area contributed by atoms with E-state index in [1.807, 2.05) is 0 Å². The number of rotatable bonds is 3. The molecule has 2 aliphatic rings. The topological polar surface area (TPSA) is 58.9 Å². The van der Waals surface area contributed by atoms with Gasteiger partial charge in [-0.1, -0.05) is 17.7 Å². The quantitative estimate of drug-likeness (QED) is 0.553. The van der Waals surface area contributed by atoms with E-state index in [-0.39, 0.29) is 24.5 Å². The SMILES string of the molecule is OCC1=CC(O)[C@@H]2C=CO[C@@H](OCCl)[C@H]12. The maximum Gasteiger partial charge on any atom is 0.207 e. The van der Waals surface area contributed by atoms with Crippen molar-refractivity contribution in [1.82, 2.24) is 0 Å². The number of aliphatic hydroxyl groups is 2. The third-order valence-electron chi connectivity index (χ3n) is 2.84. The van der Waals surface area contributed by atoms with Gasteiger partial charge in [0.15, 0.2) is 0 Å². The molecule has 4 nitrogen and oxygen atoms in total. The zero-order chi connectivity index (χ0) is 10.8. The summed E-state index contributed by atoms with van der Waals surface area (Å²) in [7, 11) is 0. The van der Waals surface area contributed by atoms with Crippen LogP contribution in [0.4, 0.5) is 0 Å². The van der Waals surface area contributed by atoms with Gasteiger partial charge in [0.05, 0.1) is 24.9 Å². The highest BCUT2D eigenvalue weighted by atomic mass is 35.5. The van der Waals surface area contributed by atoms with E-state index in [4.69, 9.17) is 26.2 Å². The van der Waals surface area contributed by atoms with E-state index >= 15 is 0 Å². The molecule has 2 rings (SSSR count). The molecule has 0 spiro atoms. The fourth-order valence-corrected chi connectivity index (χ4v) is 2.28. The fraction of sp³-hybridized carbons (Fsp3) is 0.600. The van der Waals surface area contributed by atoms with Gasteiger partial charge in [0.2, 0.25) is 6.29 Å². The summed E-state index contributed by atoms with van der Waals surface area (Å²) < 4.78 is 10.5. The molecule has 0 aromatic carbocycles. The molecule has 1 aliphatic heterocycles. The molecule has 0 saturated carbocycles. The number of alkyl halides is 1. The summed E-state index contributed by atoms with van der Waals surface area (Å²) in [5.41, 5.74) is 0.743. The predicted molar refractivity (Wildman–Crippen MR) is 54.0 cm³/mol. The molecule has 0 radical (unpaired) electrons. The Morgan fingerprint density at radius 1 is 1.53 bits per heavy atom.